The number of aromatic nitrogens is 2. The molecule has 3 aromatic rings. The number of aryl methyl sites for hydroxylation is 2. The molecule has 6 nitrogen and oxygen atoms in total. The molecule has 0 saturated heterocycles. The molecule has 0 fully saturated rings. The van der Waals surface area contributed by atoms with E-state index in [0.29, 0.717) is 23.8 Å². The smallest absolute Gasteiger partial charge is 0.276 e. The largest absolute Gasteiger partial charge is 0.472 e. The van der Waals surface area contributed by atoms with Crippen molar-refractivity contribution >= 4 is 21.6 Å². The Kier molecular flexibility index (Phi) is 7.42. The number of benzene rings is 2. The van der Waals surface area contributed by atoms with Crippen molar-refractivity contribution in [1.82, 2.24) is 14.9 Å². The van der Waals surface area contributed by atoms with Crippen LogP contribution in [0.4, 0.5) is 8.78 Å². The standard InChI is InChI=1S/C23H22BrF2N3O3/c1-13-4-5-16(14(2)27-8-9-30)10-20(13)29-15(3)28-22(21(24)23(29)31)32-12-17-6-7-18(25)11-19(17)26/h4-7,10-11,27,30H,2,8-9,12H2,1,3H3. The minimum atomic E-state index is -0.742. The molecule has 0 amide bonds. The van der Waals surface area contributed by atoms with Gasteiger partial charge >= 0.3 is 0 Å². The van der Waals surface area contributed by atoms with Gasteiger partial charge in [0.25, 0.3) is 5.56 Å². The van der Waals surface area contributed by atoms with Gasteiger partial charge in [0.2, 0.25) is 5.88 Å². The lowest BCUT2D eigenvalue weighted by atomic mass is 10.1. The number of hydrogen-bond donors (Lipinski definition) is 2. The summed E-state index contributed by atoms with van der Waals surface area (Å²) in [4.78, 5) is 17.5. The Morgan fingerprint density at radius 3 is 2.69 bits per heavy atom. The highest BCUT2D eigenvalue weighted by atomic mass is 79.9. The van der Waals surface area contributed by atoms with Crippen molar-refractivity contribution in [3.63, 3.8) is 0 Å². The molecule has 0 spiro atoms. The lowest BCUT2D eigenvalue weighted by Gasteiger charge is -2.17. The van der Waals surface area contributed by atoms with Crippen LogP contribution in [0.5, 0.6) is 5.88 Å². The third-order valence-corrected chi connectivity index (χ3v) is 5.47. The first-order valence-electron chi connectivity index (χ1n) is 9.73. The second-order valence-corrected chi connectivity index (χ2v) is 7.87. The van der Waals surface area contributed by atoms with Crippen LogP contribution in [0, 0.1) is 25.5 Å². The van der Waals surface area contributed by atoms with Crippen LogP contribution in [0.3, 0.4) is 0 Å². The summed E-state index contributed by atoms with van der Waals surface area (Å²) in [6.45, 7) is 7.59. The zero-order chi connectivity index (χ0) is 23.4. The predicted molar refractivity (Wildman–Crippen MR) is 122 cm³/mol. The van der Waals surface area contributed by atoms with E-state index in [1.807, 2.05) is 19.1 Å². The third kappa shape index (κ3) is 5.05. The van der Waals surface area contributed by atoms with Crippen molar-refractivity contribution in [2.75, 3.05) is 13.2 Å². The van der Waals surface area contributed by atoms with Crippen molar-refractivity contribution in [3.8, 4) is 11.6 Å². The molecule has 0 aliphatic carbocycles. The minimum absolute atomic E-state index is 0.00954. The fourth-order valence-corrected chi connectivity index (χ4v) is 3.47. The van der Waals surface area contributed by atoms with E-state index in [1.54, 1.807) is 13.0 Å². The van der Waals surface area contributed by atoms with Gasteiger partial charge in [-0.25, -0.2) is 8.78 Å². The summed E-state index contributed by atoms with van der Waals surface area (Å²) >= 11 is 3.24. The number of nitrogens with one attached hydrogen (secondary N) is 1. The number of halogens is 3. The van der Waals surface area contributed by atoms with Gasteiger partial charge in [-0.15, -0.1) is 0 Å². The van der Waals surface area contributed by atoms with Gasteiger partial charge in [-0.05, 0) is 59.1 Å². The topological polar surface area (TPSA) is 76.4 Å². The maximum Gasteiger partial charge on any atom is 0.276 e. The maximum atomic E-state index is 13.9. The molecule has 168 valence electrons. The number of ether oxygens (including phenoxy) is 1. The Labute approximate surface area is 192 Å². The van der Waals surface area contributed by atoms with Crippen LogP contribution in [0.15, 0.2) is 52.2 Å². The molecule has 0 bridgehead atoms. The van der Waals surface area contributed by atoms with Crippen LogP contribution in [-0.2, 0) is 6.61 Å². The van der Waals surface area contributed by atoms with Gasteiger partial charge in [-0.1, -0.05) is 18.7 Å². The van der Waals surface area contributed by atoms with Crippen molar-refractivity contribution in [2.45, 2.75) is 20.5 Å². The van der Waals surface area contributed by atoms with Gasteiger partial charge in [0.15, 0.2) is 0 Å². The minimum Gasteiger partial charge on any atom is -0.472 e. The monoisotopic (exact) mass is 505 g/mol. The molecule has 0 unspecified atom stereocenters. The Bertz CT molecular complexity index is 1230. The van der Waals surface area contributed by atoms with Gasteiger partial charge in [-0.3, -0.25) is 9.36 Å². The van der Waals surface area contributed by atoms with Crippen LogP contribution in [0.2, 0.25) is 0 Å². The van der Waals surface area contributed by atoms with E-state index >= 15 is 0 Å². The van der Waals surface area contributed by atoms with Gasteiger partial charge in [0.05, 0.1) is 12.3 Å². The molecule has 9 heteroatoms. The molecular formula is C23H22BrF2N3O3. The van der Waals surface area contributed by atoms with Crippen LogP contribution >= 0.6 is 15.9 Å². The van der Waals surface area contributed by atoms with Gasteiger partial charge < -0.3 is 15.2 Å². The van der Waals surface area contributed by atoms with E-state index in [-0.39, 0.29) is 29.1 Å². The predicted octanol–water partition coefficient (Wildman–Crippen LogP) is 4.02. The zero-order valence-electron chi connectivity index (χ0n) is 17.6. The Hall–Kier alpha value is -3.04. The number of rotatable bonds is 8. The third-order valence-electron chi connectivity index (χ3n) is 4.79. The van der Waals surface area contributed by atoms with Crippen LogP contribution in [0.25, 0.3) is 11.4 Å². The van der Waals surface area contributed by atoms with Crippen LogP contribution in [-0.4, -0.2) is 27.8 Å². The number of aliphatic hydroxyl groups is 1. The Morgan fingerprint density at radius 2 is 2.00 bits per heavy atom. The molecule has 1 aromatic heterocycles. The molecule has 0 aliphatic rings. The number of hydrogen-bond acceptors (Lipinski definition) is 5. The average Bonchev–Trinajstić information content (AvgIpc) is 2.75. The first-order chi connectivity index (χ1) is 15.2. The average molecular weight is 506 g/mol. The number of aliphatic hydroxyl groups excluding tert-OH is 1. The Balaban J connectivity index is 1.95. The normalized spacial score (nSPS) is 10.8. The molecule has 2 aromatic carbocycles. The van der Waals surface area contributed by atoms with Crippen molar-refractivity contribution in [1.29, 1.82) is 0 Å². The second-order valence-electron chi connectivity index (χ2n) is 7.07. The zero-order valence-corrected chi connectivity index (χ0v) is 19.2. The summed E-state index contributed by atoms with van der Waals surface area (Å²) in [6.07, 6.45) is 0. The summed E-state index contributed by atoms with van der Waals surface area (Å²) in [5, 5.41) is 12.0. The lowest BCUT2D eigenvalue weighted by Crippen LogP contribution is -2.25. The van der Waals surface area contributed by atoms with Gasteiger partial charge in [0, 0.05) is 23.9 Å². The second kappa shape index (κ2) is 10.1. The molecule has 32 heavy (non-hydrogen) atoms. The van der Waals surface area contributed by atoms with Gasteiger partial charge in [0.1, 0.15) is 28.5 Å². The SMILES string of the molecule is C=C(NCCO)c1ccc(C)c(-n2c(C)nc(OCc3ccc(F)cc3F)c(Br)c2=O)c1. The van der Waals surface area contributed by atoms with Gasteiger partial charge in [-0.2, -0.15) is 4.98 Å². The molecule has 3 rings (SSSR count). The Morgan fingerprint density at radius 1 is 1.25 bits per heavy atom. The fourth-order valence-electron chi connectivity index (χ4n) is 3.09. The highest BCUT2D eigenvalue weighted by Gasteiger charge is 2.18. The molecule has 0 atom stereocenters. The highest BCUT2D eigenvalue weighted by Crippen LogP contribution is 2.25. The van der Waals surface area contributed by atoms with Crippen LogP contribution in [0.1, 0.15) is 22.5 Å². The van der Waals surface area contributed by atoms with E-state index in [2.05, 4.69) is 32.8 Å². The summed E-state index contributed by atoms with van der Waals surface area (Å²) in [7, 11) is 0. The fraction of sp³-hybridized carbons (Fsp3) is 0.217. The van der Waals surface area contributed by atoms with E-state index in [9.17, 15) is 13.6 Å². The molecule has 0 radical (unpaired) electrons. The molecule has 0 aliphatic heterocycles. The maximum absolute atomic E-state index is 13.9. The van der Waals surface area contributed by atoms with Crippen molar-refractivity contribution < 1.29 is 18.6 Å². The molecule has 0 saturated carbocycles. The van der Waals surface area contributed by atoms with Crippen molar-refractivity contribution in [3.05, 3.63) is 92.0 Å². The van der Waals surface area contributed by atoms with E-state index in [0.717, 1.165) is 23.3 Å². The van der Waals surface area contributed by atoms with E-state index < -0.39 is 17.2 Å². The molecule has 1 heterocycles. The molecular weight excluding hydrogens is 484 g/mol. The number of nitrogens with zero attached hydrogens (tertiary/aromatic N) is 2. The lowest BCUT2D eigenvalue weighted by molar-refractivity contribution is 0.283. The summed E-state index contributed by atoms with van der Waals surface area (Å²) in [5.74, 6) is -1.05. The highest BCUT2D eigenvalue weighted by molar-refractivity contribution is 9.10. The molecule has 2 N–H and O–H groups in total. The summed E-state index contributed by atoms with van der Waals surface area (Å²) < 4.78 is 34.0. The summed E-state index contributed by atoms with van der Waals surface area (Å²) in [5.41, 5.74) is 2.56. The first-order valence-corrected chi connectivity index (χ1v) is 10.5. The first kappa shape index (κ1) is 23.6. The quantitative estimate of drug-likeness (QED) is 0.483. The van der Waals surface area contributed by atoms with E-state index in [4.69, 9.17) is 9.84 Å². The van der Waals surface area contributed by atoms with Crippen molar-refractivity contribution in [2.24, 2.45) is 0 Å². The van der Waals surface area contributed by atoms with Crippen LogP contribution < -0.4 is 15.6 Å². The summed E-state index contributed by atoms with van der Waals surface area (Å²) in [6, 6.07) is 8.70. The van der Waals surface area contributed by atoms with E-state index in [1.165, 1.54) is 10.6 Å².